The predicted molar refractivity (Wildman–Crippen MR) is 81.9 cm³/mol. The van der Waals surface area contributed by atoms with Gasteiger partial charge in [0.2, 0.25) is 0 Å². The van der Waals surface area contributed by atoms with E-state index in [4.69, 9.17) is 0 Å². The molecule has 0 atom stereocenters. The minimum atomic E-state index is -4.53. The Balaban J connectivity index is 2.27. The number of anilines is 1. The van der Waals surface area contributed by atoms with Crippen LogP contribution in [0.5, 0.6) is 0 Å². The normalized spacial score (nSPS) is 11.7. The first-order valence-electron chi connectivity index (χ1n) is 7.19. The van der Waals surface area contributed by atoms with E-state index >= 15 is 0 Å². The molecule has 5 nitrogen and oxygen atoms in total. The lowest BCUT2D eigenvalue weighted by atomic mass is 10.2. The van der Waals surface area contributed by atoms with Crippen LogP contribution in [-0.4, -0.2) is 46.5 Å². The monoisotopic (exact) mass is 325 g/mol. The lowest BCUT2D eigenvalue weighted by Gasteiger charge is -2.15. The summed E-state index contributed by atoms with van der Waals surface area (Å²) in [5, 5.41) is 2.92. The van der Waals surface area contributed by atoms with Crippen LogP contribution in [0.1, 0.15) is 12.6 Å². The van der Waals surface area contributed by atoms with Gasteiger partial charge in [0.15, 0.2) is 11.5 Å². The van der Waals surface area contributed by atoms with E-state index in [1.807, 2.05) is 18.9 Å². The fraction of sp³-hybridized carbons (Fsp3) is 0.400. The van der Waals surface area contributed by atoms with Crippen LogP contribution < -0.4 is 5.32 Å². The summed E-state index contributed by atoms with van der Waals surface area (Å²) in [6, 6.07) is 4.07. The molecule has 0 saturated heterocycles. The standard InChI is InChI=1S/C15H18F3N5/c1-3-23(2)9-8-20-13-10-12(15(16,17)18)21-14(22-13)11-4-6-19-7-5-11/h4-7,10H,3,8-9H2,1-2H3,(H,20,21,22). The van der Waals surface area contributed by atoms with E-state index in [1.54, 1.807) is 12.1 Å². The van der Waals surface area contributed by atoms with Crippen molar-refractivity contribution in [2.45, 2.75) is 13.1 Å². The SMILES string of the molecule is CCN(C)CCNc1cc(C(F)(F)F)nc(-c2ccncc2)n1. The number of hydrogen-bond donors (Lipinski definition) is 1. The van der Waals surface area contributed by atoms with Gasteiger partial charge in [-0.25, -0.2) is 9.97 Å². The third-order valence-corrected chi connectivity index (χ3v) is 3.29. The van der Waals surface area contributed by atoms with Crippen molar-refractivity contribution in [2.24, 2.45) is 0 Å². The summed E-state index contributed by atoms with van der Waals surface area (Å²) >= 11 is 0. The molecule has 0 saturated carbocycles. The number of pyridine rings is 1. The molecule has 124 valence electrons. The Hall–Kier alpha value is -2.22. The number of rotatable bonds is 6. The zero-order valence-electron chi connectivity index (χ0n) is 12.9. The quantitative estimate of drug-likeness (QED) is 0.885. The summed E-state index contributed by atoms with van der Waals surface area (Å²) in [4.78, 5) is 13.7. The summed E-state index contributed by atoms with van der Waals surface area (Å²) in [6.45, 7) is 4.07. The van der Waals surface area contributed by atoms with Gasteiger partial charge in [-0.1, -0.05) is 6.92 Å². The van der Waals surface area contributed by atoms with Crippen LogP contribution in [0, 0.1) is 0 Å². The summed E-state index contributed by atoms with van der Waals surface area (Å²) in [5.74, 6) is 0.178. The van der Waals surface area contributed by atoms with Gasteiger partial charge in [0.1, 0.15) is 5.82 Å². The highest BCUT2D eigenvalue weighted by Crippen LogP contribution is 2.30. The minimum absolute atomic E-state index is 0.0218. The number of aromatic nitrogens is 3. The molecule has 0 unspecified atom stereocenters. The lowest BCUT2D eigenvalue weighted by Crippen LogP contribution is -2.25. The van der Waals surface area contributed by atoms with Crippen LogP contribution in [0.15, 0.2) is 30.6 Å². The molecular formula is C15H18F3N5. The molecule has 2 heterocycles. The average molecular weight is 325 g/mol. The molecule has 1 N–H and O–H groups in total. The molecule has 2 aromatic heterocycles. The molecule has 0 aliphatic heterocycles. The molecular weight excluding hydrogens is 307 g/mol. The summed E-state index contributed by atoms with van der Waals surface area (Å²) < 4.78 is 39.1. The van der Waals surface area contributed by atoms with Gasteiger partial charge in [0.25, 0.3) is 0 Å². The van der Waals surface area contributed by atoms with Crippen molar-refractivity contribution in [3.63, 3.8) is 0 Å². The van der Waals surface area contributed by atoms with E-state index in [9.17, 15) is 13.2 Å². The van der Waals surface area contributed by atoms with Gasteiger partial charge in [0.05, 0.1) is 0 Å². The molecule has 2 rings (SSSR count). The van der Waals surface area contributed by atoms with Crippen LogP contribution in [0.3, 0.4) is 0 Å². The molecule has 0 aliphatic carbocycles. The Labute approximate surface area is 132 Å². The van der Waals surface area contributed by atoms with E-state index < -0.39 is 11.9 Å². The van der Waals surface area contributed by atoms with E-state index in [-0.39, 0.29) is 11.6 Å². The molecule has 0 fully saturated rings. The molecule has 0 radical (unpaired) electrons. The Kier molecular flexibility index (Phi) is 5.49. The van der Waals surface area contributed by atoms with Gasteiger partial charge < -0.3 is 10.2 Å². The van der Waals surface area contributed by atoms with E-state index in [2.05, 4.69) is 20.3 Å². The second-order valence-corrected chi connectivity index (χ2v) is 5.02. The third-order valence-electron chi connectivity index (χ3n) is 3.29. The Morgan fingerprint density at radius 2 is 1.87 bits per heavy atom. The smallest absolute Gasteiger partial charge is 0.369 e. The summed E-state index contributed by atoms with van der Waals surface area (Å²) in [5.41, 5.74) is -0.481. The summed E-state index contributed by atoms with van der Waals surface area (Å²) in [7, 11) is 1.94. The highest BCUT2D eigenvalue weighted by Gasteiger charge is 2.33. The highest BCUT2D eigenvalue weighted by molar-refractivity contribution is 5.57. The molecule has 0 aromatic carbocycles. The topological polar surface area (TPSA) is 53.9 Å². The number of nitrogens with one attached hydrogen (secondary N) is 1. The molecule has 2 aromatic rings. The van der Waals surface area contributed by atoms with Gasteiger partial charge in [-0.3, -0.25) is 4.98 Å². The van der Waals surface area contributed by atoms with Crippen molar-refractivity contribution in [1.82, 2.24) is 19.9 Å². The first-order valence-corrected chi connectivity index (χ1v) is 7.19. The molecule has 0 amide bonds. The van der Waals surface area contributed by atoms with Gasteiger partial charge in [-0.15, -0.1) is 0 Å². The van der Waals surface area contributed by atoms with E-state index in [1.165, 1.54) is 12.4 Å². The largest absolute Gasteiger partial charge is 0.433 e. The highest BCUT2D eigenvalue weighted by atomic mass is 19.4. The van der Waals surface area contributed by atoms with Crippen LogP contribution >= 0.6 is 0 Å². The first-order chi connectivity index (χ1) is 10.9. The molecule has 0 aliphatic rings. The van der Waals surface area contributed by atoms with Crippen molar-refractivity contribution in [3.05, 3.63) is 36.3 Å². The zero-order chi connectivity index (χ0) is 16.9. The first kappa shape index (κ1) is 17.1. The van der Waals surface area contributed by atoms with Gasteiger partial charge in [0, 0.05) is 37.1 Å². The van der Waals surface area contributed by atoms with Crippen molar-refractivity contribution in [2.75, 3.05) is 32.0 Å². The average Bonchev–Trinajstić information content (AvgIpc) is 2.54. The van der Waals surface area contributed by atoms with Crippen molar-refractivity contribution in [3.8, 4) is 11.4 Å². The number of halogens is 3. The molecule has 0 bridgehead atoms. The van der Waals surface area contributed by atoms with E-state index in [0.29, 0.717) is 18.7 Å². The molecule has 8 heteroatoms. The fourth-order valence-corrected chi connectivity index (χ4v) is 1.85. The predicted octanol–water partition coefficient (Wildman–Crippen LogP) is 2.92. The van der Waals surface area contributed by atoms with Gasteiger partial charge >= 0.3 is 6.18 Å². The Morgan fingerprint density at radius 3 is 2.48 bits per heavy atom. The van der Waals surface area contributed by atoms with Crippen LogP contribution in [0.25, 0.3) is 11.4 Å². The molecule has 0 spiro atoms. The Morgan fingerprint density at radius 1 is 1.17 bits per heavy atom. The lowest BCUT2D eigenvalue weighted by molar-refractivity contribution is -0.141. The maximum absolute atomic E-state index is 13.0. The fourth-order valence-electron chi connectivity index (χ4n) is 1.85. The van der Waals surface area contributed by atoms with E-state index in [0.717, 1.165) is 12.6 Å². The summed E-state index contributed by atoms with van der Waals surface area (Å²) in [6.07, 6.45) is -1.55. The van der Waals surface area contributed by atoms with Crippen molar-refractivity contribution in [1.29, 1.82) is 0 Å². The van der Waals surface area contributed by atoms with Gasteiger partial charge in [-0.05, 0) is 25.7 Å². The van der Waals surface area contributed by atoms with Crippen LogP contribution in [0.4, 0.5) is 19.0 Å². The number of alkyl halides is 3. The molecule has 23 heavy (non-hydrogen) atoms. The second-order valence-electron chi connectivity index (χ2n) is 5.02. The van der Waals surface area contributed by atoms with Crippen molar-refractivity contribution < 1.29 is 13.2 Å². The van der Waals surface area contributed by atoms with Gasteiger partial charge in [-0.2, -0.15) is 13.2 Å². The van der Waals surface area contributed by atoms with Crippen LogP contribution in [-0.2, 0) is 6.18 Å². The Bertz CT molecular complexity index is 631. The minimum Gasteiger partial charge on any atom is -0.369 e. The third kappa shape index (κ3) is 4.88. The maximum Gasteiger partial charge on any atom is 0.433 e. The number of likely N-dealkylation sites (N-methyl/N-ethyl adjacent to an activating group) is 1. The van der Waals surface area contributed by atoms with Crippen molar-refractivity contribution >= 4 is 5.82 Å². The maximum atomic E-state index is 13.0. The second kappa shape index (κ2) is 7.36. The number of nitrogens with zero attached hydrogens (tertiary/aromatic N) is 4. The van der Waals surface area contributed by atoms with Crippen LogP contribution in [0.2, 0.25) is 0 Å². The zero-order valence-corrected chi connectivity index (χ0v) is 12.9. The number of hydrogen-bond acceptors (Lipinski definition) is 5.